The maximum atomic E-state index is 12.4. The van der Waals surface area contributed by atoms with Crippen LogP contribution >= 0.6 is 0 Å². The average Bonchev–Trinajstić information content (AvgIpc) is 3.21. The van der Waals surface area contributed by atoms with E-state index in [9.17, 15) is 13.2 Å². The molecule has 2 heterocycles. The number of carbonyl (C=O) groups excluding carboxylic acids is 1. The van der Waals surface area contributed by atoms with Gasteiger partial charge in [0.25, 0.3) is 0 Å². The van der Waals surface area contributed by atoms with Crippen molar-refractivity contribution in [1.29, 1.82) is 0 Å². The molecule has 2 aromatic rings. The molecule has 1 amide bonds. The highest BCUT2D eigenvalue weighted by Gasteiger charge is 2.22. The highest BCUT2D eigenvalue weighted by Crippen LogP contribution is 2.22. The fourth-order valence-electron chi connectivity index (χ4n) is 2.65. The van der Waals surface area contributed by atoms with Crippen LogP contribution in [0.1, 0.15) is 25.6 Å². The number of aryl methyl sites for hydroxylation is 1. The second-order valence-electron chi connectivity index (χ2n) is 5.50. The predicted octanol–water partition coefficient (Wildman–Crippen LogP) is 0.903. The molecule has 0 bridgehead atoms. The molecule has 3 rings (SSSR count). The van der Waals surface area contributed by atoms with Gasteiger partial charge in [0.05, 0.1) is 11.4 Å². The predicted molar refractivity (Wildman–Crippen MR) is 87.8 cm³/mol. The molecule has 1 aromatic heterocycles. The highest BCUT2D eigenvalue weighted by molar-refractivity contribution is 7.89. The zero-order valence-electron chi connectivity index (χ0n) is 13.3. The minimum atomic E-state index is -3.65. The lowest BCUT2D eigenvalue weighted by Crippen LogP contribution is -2.26. The van der Waals surface area contributed by atoms with Gasteiger partial charge in [-0.25, -0.2) is 13.1 Å². The number of amides is 1. The molecule has 1 fully saturated rings. The molecule has 1 aliphatic rings. The van der Waals surface area contributed by atoms with Crippen LogP contribution in [0.15, 0.2) is 35.5 Å². The lowest BCUT2D eigenvalue weighted by molar-refractivity contribution is -0.117. The van der Waals surface area contributed by atoms with E-state index in [1.807, 2.05) is 6.92 Å². The van der Waals surface area contributed by atoms with Crippen LogP contribution in [0.2, 0.25) is 0 Å². The SMILES string of the molecule is CCn1cnnc1CNS(=O)(=O)c1ccc(N2CCCC2=O)cc1. The van der Waals surface area contributed by atoms with Crippen LogP contribution in [-0.4, -0.2) is 35.6 Å². The molecular weight excluding hydrogens is 330 g/mol. The summed E-state index contributed by atoms with van der Waals surface area (Å²) < 4.78 is 29.0. The van der Waals surface area contributed by atoms with Crippen LogP contribution in [0.3, 0.4) is 0 Å². The Morgan fingerprint density at radius 3 is 2.62 bits per heavy atom. The number of hydrogen-bond donors (Lipinski definition) is 1. The topological polar surface area (TPSA) is 97.2 Å². The van der Waals surface area contributed by atoms with Crippen molar-refractivity contribution in [3.05, 3.63) is 36.4 Å². The van der Waals surface area contributed by atoms with Crippen molar-refractivity contribution in [2.75, 3.05) is 11.4 Å². The van der Waals surface area contributed by atoms with Gasteiger partial charge in [-0.3, -0.25) is 4.79 Å². The molecule has 1 aliphatic heterocycles. The second kappa shape index (κ2) is 6.70. The van der Waals surface area contributed by atoms with E-state index in [0.29, 0.717) is 25.3 Å². The summed E-state index contributed by atoms with van der Waals surface area (Å²) in [7, 11) is -3.65. The number of aromatic nitrogens is 3. The standard InChI is InChI=1S/C15H19N5O3S/c1-2-19-11-16-18-14(19)10-17-24(22,23)13-7-5-12(6-8-13)20-9-3-4-15(20)21/h5-8,11,17H,2-4,9-10H2,1H3. The zero-order chi connectivity index (χ0) is 17.2. The number of hydrogen-bond acceptors (Lipinski definition) is 5. The molecule has 1 aromatic carbocycles. The maximum absolute atomic E-state index is 12.4. The molecule has 1 saturated heterocycles. The van der Waals surface area contributed by atoms with Crippen LogP contribution in [0.5, 0.6) is 0 Å². The van der Waals surface area contributed by atoms with Crippen molar-refractivity contribution < 1.29 is 13.2 Å². The smallest absolute Gasteiger partial charge is 0.240 e. The van der Waals surface area contributed by atoms with Gasteiger partial charge in [-0.05, 0) is 37.6 Å². The van der Waals surface area contributed by atoms with E-state index in [1.54, 1.807) is 27.9 Å². The second-order valence-corrected chi connectivity index (χ2v) is 7.27. The van der Waals surface area contributed by atoms with Crippen molar-refractivity contribution in [3.63, 3.8) is 0 Å². The highest BCUT2D eigenvalue weighted by atomic mass is 32.2. The van der Waals surface area contributed by atoms with Gasteiger partial charge >= 0.3 is 0 Å². The van der Waals surface area contributed by atoms with Crippen LogP contribution in [0.4, 0.5) is 5.69 Å². The summed E-state index contributed by atoms with van der Waals surface area (Å²) in [4.78, 5) is 13.6. The van der Waals surface area contributed by atoms with Gasteiger partial charge in [0.2, 0.25) is 15.9 Å². The Morgan fingerprint density at radius 2 is 2.00 bits per heavy atom. The molecule has 128 valence electrons. The van der Waals surface area contributed by atoms with Crippen LogP contribution in [-0.2, 0) is 27.9 Å². The van der Waals surface area contributed by atoms with Gasteiger partial charge in [-0.1, -0.05) is 0 Å². The monoisotopic (exact) mass is 349 g/mol. The molecule has 9 heteroatoms. The van der Waals surface area contributed by atoms with E-state index in [0.717, 1.165) is 12.1 Å². The molecule has 0 radical (unpaired) electrons. The minimum Gasteiger partial charge on any atom is -0.317 e. The van der Waals surface area contributed by atoms with E-state index < -0.39 is 10.0 Å². The number of sulfonamides is 1. The Kier molecular flexibility index (Phi) is 4.63. The Balaban J connectivity index is 1.71. The van der Waals surface area contributed by atoms with Gasteiger partial charge in [0.1, 0.15) is 12.2 Å². The van der Waals surface area contributed by atoms with Crippen LogP contribution in [0.25, 0.3) is 0 Å². The third-order valence-electron chi connectivity index (χ3n) is 3.99. The molecule has 24 heavy (non-hydrogen) atoms. The van der Waals surface area contributed by atoms with Crippen LogP contribution in [0, 0.1) is 0 Å². The third kappa shape index (κ3) is 3.31. The van der Waals surface area contributed by atoms with Gasteiger partial charge in [0.15, 0.2) is 0 Å². The average molecular weight is 349 g/mol. The minimum absolute atomic E-state index is 0.0719. The lowest BCUT2D eigenvalue weighted by atomic mass is 10.3. The number of nitrogens with zero attached hydrogens (tertiary/aromatic N) is 4. The van der Waals surface area contributed by atoms with Crippen molar-refractivity contribution in [3.8, 4) is 0 Å². The summed E-state index contributed by atoms with van der Waals surface area (Å²) in [5.41, 5.74) is 0.724. The van der Waals surface area contributed by atoms with Crippen molar-refractivity contribution in [2.24, 2.45) is 0 Å². The van der Waals surface area contributed by atoms with Gasteiger partial charge < -0.3 is 9.47 Å². The third-order valence-corrected chi connectivity index (χ3v) is 5.41. The Labute approximate surface area is 140 Å². The van der Waals surface area contributed by atoms with Gasteiger partial charge in [-0.15, -0.1) is 10.2 Å². The van der Waals surface area contributed by atoms with Crippen LogP contribution < -0.4 is 9.62 Å². The molecule has 0 aliphatic carbocycles. The number of nitrogens with one attached hydrogen (secondary N) is 1. The van der Waals surface area contributed by atoms with E-state index in [4.69, 9.17) is 0 Å². The summed E-state index contributed by atoms with van der Waals surface area (Å²) >= 11 is 0. The van der Waals surface area contributed by atoms with Gasteiger partial charge in [-0.2, -0.15) is 0 Å². The summed E-state index contributed by atoms with van der Waals surface area (Å²) in [6, 6.07) is 6.33. The van der Waals surface area contributed by atoms with Crippen molar-refractivity contribution >= 4 is 21.6 Å². The fourth-order valence-corrected chi connectivity index (χ4v) is 3.63. The molecule has 0 atom stereocenters. The molecular formula is C15H19N5O3S. The largest absolute Gasteiger partial charge is 0.317 e. The zero-order valence-corrected chi connectivity index (χ0v) is 14.2. The quantitative estimate of drug-likeness (QED) is 0.836. The molecule has 8 nitrogen and oxygen atoms in total. The normalized spacial score (nSPS) is 15.2. The van der Waals surface area contributed by atoms with Gasteiger partial charge in [0, 0.05) is 25.2 Å². The van der Waals surface area contributed by atoms with E-state index in [-0.39, 0.29) is 17.3 Å². The molecule has 1 N–H and O–H groups in total. The number of carbonyl (C=O) groups is 1. The molecule has 0 spiro atoms. The van der Waals surface area contributed by atoms with E-state index in [1.165, 1.54) is 12.1 Å². The first-order valence-corrected chi connectivity index (χ1v) is 9.26. The number of benzene rings is 1. The molecule has 0 unspecified atom stereocenters. The first-order valence-electron chi connectivity index (χ1n) is 7.78. The first-order chi connectivity index (χ1) is 11.5. The number of anilines is 1. The Bertz CT molecular complexity index is 829. The summed E-state index contributed by atoms with van der Waals surface area (Å²) in [6.45, 7) is 3.35. The summed E-state index contributed by atoms with van der Waals surface area (Å²) in [5.74, 6) is 0.628. The van der Waals surface area contributed by atoms with Crippen molar-refractivity contribution in [2.45, 2.75) is 37.8 Å². The van der Waals surface area contributed by atoms with Crippen molar-refractivity contribution in [1.82, 2.24) is 19.5 Å². The van der Waals surface area contributed by atoms with E-state index >= 15 is 0 Å². The first kappa shape index (κ1) is 16.6. The Morgan fingerprint density at radius 1 is 1.25 bits per heavy atom. The summed E-state index contributed by atoms with van der Waals surface area (Å²) in [6.07, 6.45) is 2.93. The molecule has 0 saturated carbocycles. The van der Waals surface area contributed by atoms with E-state index in [2.05, 4.69) is 14.9 Å². The Hall–Kier alpha value is -2.26. The fraction of sp³-hybridized carbons (Fsp3) is 0.400. The maximum Gasteiger partial charge on any atom is 0.240 e. The lowest BCUT2D eigenvalue weighted by Gasteiger charge is -2.16. The number of rotatable bonds is 6. The summed E-state index contributed by atoms with van der Waals surface area (Å²) in [5, 5.41) is 7.67.